The third kappa shape index (κ3) is 5.87. The molecule has 8 heteroatoms. The molecule has 0 saturated heterocycles. The summed E-state index contributed by atoms with van der Waals surface area (Å²) in [5.74, 6) is 1.46. The highest BCUT2D eigenvalue weighted by Crippen LogP contribution is 2.25. The molecule has 2 aromatic carbocycles. The van der Waals surface area contributed by atoms with Crippen molar-refractivity contribution in [3.63, 3.8) is 0 Å². The zero-order valence-electron chi connectivity index (χ0n) is 17.2. The first kappa shape index (κ1) is 21.9. The molecule has 0 saturated carbocycles. The molecule has 4 rings (SSSR count). The molecule has 0 fully saturated rings. The normalized spacial score (nSPS) is 10.7. The number of benzene rings is 2. The highest BCUT2D eigenvalue weighted by Gasteiger charge is 2.09. The van der Waals surface area contributed by atoms with Crippen LogP contribution in [0, 0.1) is 0 Å². The van der Waals surface area contributed by atoms with Crippen LogP contribution < -0.4 is 10.0 Å². The number of hydrogen-bond acceptors (Lipinski definition) is 8. The van der Waals surface area contributed by atoms with Gasteiger partial charge in [0.25, 0.3) is 0 Å². The summed E-state index contributed by atoms with van der Waals surface area (Å²) in [6, 6.07) is 23.4. The van der Waals surface area contributed by atoms with Gasteiger partial charge in [0.15, 0.2) is 10.9 Å². The van der Waals surface area contributed by atoms with Gasteiger partial charge < -0.3 is 10.0 Å². The van der Waals surface area contributed by atoms with Crippen molar-refractivity contribution in [2.75, 3.05) is 15.8 Å². The van der Waals surface area contributed by atoms with Crippen molar-refractivity contribution in [1.82, 2.24) is 9.97 Å². The number of Topliss-reactive ketones (excluding diaryl/α,β-unsaturated/α-hetero) is 1. The van der Waals surface area contributed by atoms with Crippen LogP contribution in [0.1, 0.15) is 17.3 Å². The van der Waals surface area contributed by atoms with Gasteiger partial charge in [0.2, 0.25) is 0 Å². The minimum absolute atomic E-state index is 0.0738. The van der Waals surface area contributed by atoms with Crippen molar-refractivity contribution in [2.45, 2.75) is 11.8 Å². The molecule has 6 nitrogen and oxygen atoms in total. The minimum atomic E-state index is -0.111. The van der Waals surface area contributed by atoms with Crippen LogP contribution in [0.5, 0.6) is 0 Å². The molecule has 0 unspecified atom stereocenters. The second-order valence-corrected chi connectivity index (χ2v) is 8.91. The Morgan fingerprint density at radius 2 is 1.75 bits per heavy atom. The fraction of sp³-hybridized carbons (Fsp3) is 0.0833. The van der Waals surface area contributed by atoms with Gasteiger partial charge in [0.1, 0.15) is 11.6 Å². The molecule has 0 aliphatic carbocycles. The molecule has 0 aliphatic rings. The maximum Gasteiger partial charge on any atom is 0.186 e. The number of nitrogens with one attached hydrogen (secondary N) is 2. The molecule has 0 amide bonds. The molecule has 2 heterocycles. The predicted molar refractivity (Wildman–Crippen MR) is 133 cm³/mol. The monoisotopic (exact) mass is 460 g/mol. The zero-order valence-corrected chi connectivity index (χ0v) is 18.9. The van der Waals surface area contributed by atoms with E-state index in [1.54, 1.807) is 12.1 Å². The summed E-state index contributed by atoms with van der Waals surface area (Å²) in [5.41, 5.74) is 2.39. The number of nitrogens with zero attached hydrogens (tertiary/aromatic N) is 2. The van der Waals surface area contributed by atoms with Crippen LogP contribution in [0.4, 0.5) is 17.3 Å². The molecule has 2 aromatic heterocycles. The van der Waals surface area contributed by atoms with Gasteiger partial charge >= 0.3 is 0 Å². The van der Waals surface area contributed by atoms with E-state index in [1.165, 1.54) is 25.1 Å². The Hall–Kier alpha value is -3.36. The summed E-state index contributed by atoms with van der Waals surface area (Å²) in [4.78, 5) is 33.0. The summed E-state index contributed by atoms with van der Waals surface area (Å²) in [6.07, 6.45) is 1.53. The van der Waals surface area contributed by atoms with Gasteiger partial charge in [-0.25, -0.2) is 9.97 Å². The van der Waals surface area contributed by atoms with Gasteiger partial charge in [-0.3, -0.25) is 9.59 Å². The van der Waals surface area contributed by atoms with Crippen molar-refractivity contribution in [2.24, 2.45) is 0 Å². The Kier molecular flexibility index (Phi) is 7.03. The zero-order chi connectivity index (χ0) is 22.3. The maximum absolute atomic E-state index is 12.0. The number of carbonyl (C=O) groups is 2. The lowest BCUT2D eigenvalue weighted by Gasteiger charge is -2.08. The number of thioether (sulfide) groups is 1. The van der Waals surface area contributed by atoms with Crippen LogP contribution in [-0.2, 0) is 4.79 Å². The van der Waals surface area contributed by atoms with E-state index in [2.05, 4.69) is 26.1 Å². The van der Waals surface area contributed by atoms with Gasteiger partial charge in [0, 0.05) is 34.7 Å². The number of anilines is 3. The molecule has 0 bridgehead atoms. The summed E-state index contributed by atoms with van der Waals surface area (Å²) in [5, 5.41) is 4.26. The highest BCUT2D eigenvalue weighted by molar-refractivity contribution is 8.14. The van der Waals surface area contributed by atoms with Gasteiger partial charge in [-0.1, -0.05) is 30.0 Å². The molecular formula is C24H20N4O2S2. The number of aromatic nitrogens is 2. The summed E-state index contributed by atoms with van der Waals surface area (Å²) >= 11 is 2.44. The van der Waals surface area contributed by atoms with Crippen molar-refractivity contribution < 1.29 is 9.59 Å². The fourth-order valence-electron chi connectivity index (χ4n) is 2.89. The fourth-order valence-corrected chi connectivity index (χ4v) is 4.05. The molecule has 0 radical (unpaired) electrons. The maximum atomic E-state index is 12.0. The quantitative estimate of drug-likeness (QED) is 0.246. The predicted octanol–water partition coefficient (Wildman–Crippen LogP) is 5.96. The Bertz CT molecular complexity index is 1250. The number of carbonyl (C=O) groups excluding carboxylic acids is 2. The van der Waals surface area contributed by atoms with Gasteiger partial charge in [-0.05, 0) is 66.5 Å². The third-order valence-corrected chi connectivity index (χ3v) is 6.09. The van der Waals surface area contributed by atoms with Crippen molar-refractivity contribution in [1.29, 1.82) is 0 Å². The number of pyridine rings is 2. The SMILES string of the molecule is CC(=O)SCC(=O)c1ccc(NSc2ccc3nc(Nc4ccccc4)ccc3c2)nc1. The average Bonchev–Trinajstić information content (AvgIpc) is 2.82. The Morgan fingerprint density at radius 3 is 2.50 bits per heavy atom. The lowest BCUT2D eigenvalue weighted by Crippen LogP contribution is -2.05. The molecule has 0 atom stereocenters. The lowest BCUT2D eigenvalue weighted by atomic mass is 10.2. The van der Waals surface area contributed by atoms with Crippen LogP contribution in [-0.4, -0.2) is 26.6 Å². The Morgan fingerprint density at radius 1 is 0.938 bits per heavy atom. The van der Waals surface area contributed by atoms with E-state index in [0.717, 1.165) is 39.1 Å². The van der Waals surface area contributed by atoms with E-state index in [4.69, 9.17) is 0 Å². The largest absolute Gasteiger partial charge is 0.340 e. The van der Waals surface area contributed by atoms with Crippen molar-refractivity contribution >= 4 is 62.8 Å². The summed E-state index contributed by atoms with van der Waals surface area (Å²) in [7, 11) is 0. The molecule has 0 aliphatic heterocycles. The van der Waals surface area contributed by atoms with Crippen molar-refractivity contribution in [3.8, 4) is 0 Å². The van der Waals surface area contributed by atoms with Crippen LogP contribution in [0.2, 0.25) is 0 Å². The van der Waals surface area contributed by atoms with Crippen LogP contribution in [0.15, 0.2) is 83.9 Å². The van der Waals surface area contributed by atoms with E-state index in [9.17, 15) is 9.59 Å². The second kappa shape index (κ2) is 10.3. The number of fused-ring (bicyclic) bond motifs is 1. The molecule has 0 spiro atoms. The van der Waals surface area contributed by atoms with E-state index >= 15 is 0 Å². The number of hydrogen-bond donors (Lipinski definition) is 2. The van der Waals surface area contributed by atoms with Crippen molar-refractivity contribution in [3.05, 3.63) is 84.6 Å². The van der Waals surface area contributed by atoms with Crippen LogP contribution in [0.25, 0.3) is 10.9 Å². The van der Waals surface area contributed by atoms with E-state index < -0.39 is 0 Å². The number of para-hydroxylation sites is 1. The molecule has 160 valence electrons. The smallest absolute Gasteiger partial charge is 0.186 e. The first-order valence-corrected chi connectivity index (χ1v) is 11.7. The second-order valence-electron chi connectivity index (χ2n) is 6.88. The van der Waals surface area contributed by atoms with Crippen LogP contribution in [0.3, 0.4) is 0 Å². The van der Waals surface area contributed by atoms with Crippen LogP contribution >= 0.6 is 23.7 Å². The number of ketones is 1. The van der Waals surface area contributed by atoms with E-state index in [0.29, 0.717) is 11.4 Å². The van der Waals surface area contributed by atoms with E-state index in [1.807, 2.05) is 54.6 Å². The first-order valence-electron chi connectivity index (χ1n) is 9.85. The Balaban J connectivity index is 1.37. The molecule has 4 aromatic rings. The van der Waals surface area contributed by atoms with Gasteiger partial charge in [0.05, 0.1) is 11.3 Å². The lowest BCUT2D eigenvalue weighted by molar-refractivity contribution is -0.109. The standard InChI is InChI=1S/C24H20N4O2S2/c1-16(29)31-15-22(30)18-8-11-23(25-14-18)28-32-20-9-10-21-17(13-20)7-12-24(27-21)26-19-5-3-2-4-6-19/h2-14H,15H2,1H3,(H,25,28)(H,26,27). The summed E-state index contributed by atoms with van der Waals surface area (Å²) in [6.45, 7) is 1.45. The van der Waals surface area contributed by atoms with Gasteiger partial charge in [-0.15, -0.1) is 0 Å². The Labute approximate surface area is 194 Å². The topological polar surface area (TPSA) is 84.0 Å². The molecule has 32 heavy (non-hydrogen) atoms. The minimum Gasteiger partial charge on any atom is -0.340 e. The summed E-state index contributed by atoms with van der Waals surface area (Å²) < 4.78 is 3.19. The number of rotatable bonds is 8. The highest BCUT2D eigenvalue weighted by atomic mass is 32.2. The van der Waals surface area contributed by atoms with E-state index in [-0.39, 0.29) is 16.7 Å². The third-order valence-electron chi connectivity index (χ3n) is 4.47. The molecular weight excluding hydrogens is 440 g/mol. The molecule has 2 N–H and O–H groups in total. The average molecular weight is 461 g/mol. The van der Waals surface area contributed by atoms with Gasteiger partial charge in [-0.2, -0.15) is 0 Å². The first-order chi connectivity index (χ1) is 15.6.